The summed E-state index contributed by atoms with van der Waals surface area (Å²) in [7, 11) is 2.21. The molecule has 2 saturated heterocycles. The minimum absolute atomic E-state index is 0.0671. The number of ether oxygens (including phenoxy) is 1. The number of aryl methyl sites for hydroxylation is 2. The smallest absolute Gasteiger partial charge is 0.339 e. The Labute approximate surface area is 356 Å². The Kier molecular flexibility index (Phi) is 11.3. The van der Waals surface area contributed by atoms with Crippen molar-refractivity contribution >= 4 is 61.3 Å². The molecule has 1 amide bonds. The maximum Gasteiger partial charge on any atom is 0.339 e. The topological polar surface area (TPSA) is 106 Å². The number of likely N-dealkylation sites (N-methyl/N-ethyl adjacent to an activating group) is 1. The van der Waals surface area contributed by atoms with E-state index in [1.807, 2.05) is 12.1 Å². The van der Waals surface area contributed by atoms with Crippen molar-refractivity contribution in [1.29, 1.82) is 0 Å². The highest BCUT2D eigenvalue weighted by Crippen LogP contribution is 2.43. The first kappa shape index (κ1) is 40.0. The standard InChI is InChI=1S/C45H46N4O2.C7H6O3/c1-30-27-35-29-37(48-21-19-47(2)20-22-48)14-18-38(35)42-17-11-33-28-34(10-15-39(33)43(30)42)41-16-9-31-5-3-4-6-40(31)44(41)46-45(50)32-7-12-36(13-8-32)49-23-25-51-26-24-49;8-6-4-2-1-3-5(6)7(9)10/h3-9,11-14,16-18,27,29,34H,10,15,19-26,28H2,1-2H3,(H,46,50);1-4,8H,(H,9,10). The van der Waals surface area contributed by atoms with Gasteiger partial charge in [0.05, 0.1) is 18.9 Å². The van der Waals surface area contributed by atoms with Crippen molar-refractivity contribution in [2.75, 3.05) is 74.6 Å². The minimum atomic E-state index is -1.11. The fourth-order valence-electron chi connectivity index (χ4n) is 9.53. The summed E-state index contributed by atoms with van der Waals surface area (Å²) in [4.78, 5) is 31.4. The number of para-hydroxylation sites is 1. The number of aromatic hydroxyl groups is 1. The Bertz CT molecular complexity index is 2750. The van der Waals surface area contributed by atoms with Gasteiger partial charge in [0.2, 0.25) is 0 Å². The van der Waals surface area contributed by atoms with Crippen LogP contribution in [0.3, 0.4) is 0 Å². The number of hydrogen-bond donors (Lipinski definition) is 3. The summed E-state index contributed by atoms with van der Waals surface area (Å²) >= 11 is 0. The molecule has 0 radical (unpaired) electrons. The highest BCUT2D eigenvalue weighted by atomic mass is 16.5. The number of benzene rings is 7. The largest absolute Gasteiger partial charge is 0.507 e. The number of hydrogen-bond acceptors (Lipinski definition) is 7. The van der Waals surface area contributed by atoms with Crippen LogP contribution in [0.25, 0.3) is 32.3 Å². The molecule has 3 N–H and O–H groups in total. The zero-order valence-electron chi connectivity index (χ0n) is 34.9. The van der Waals surface area contributed by atoms with E-state index < -0.39 is 5.97 Å². The molecule has 10 rings (SSSR count). The van der Waals surface area contributed by atoms with Gasteiger partial charge < -0.3 is 35.0 Å². The molecule has 7 aromatic carbocycles. The molecule has 7 aromatic rings. The SMILES string of the molecule is Cc1cc2cc(N3CCN(C)CC3)ccc2c2ccc3c(c12)CCC(c1ccc2ccccc2c1NC(=O)c1ccc(N2CCOCC2)cc1)C3.O=C(O)c1ccccc1O. The molecule has 310 valence electrons. The van der Waals surface area contributed by atoms with E-state index in [-0.39, 0.29) is 17.2 Å². The lowest BCUT2D eigenvalue weighted by atomic mass is 9.76. The Hall–Kier alpha value is -6.42. The van der Waals surface area contributed by atoms with Gasteiger partial charge in [-0.3, -0.25) is 4.79 Å². The van der Waals surface area contributed by atoms with Gasteiger partial charge in [0.1, 0.15) is 11.3 Å². The summed E-state index contributed by atoms with van der Waals surface area (Å²) in [6.07, 6.45) is 3.02. The third-order valence-corrected chi connectivity index (χ3v) is 12.9. The lowest BCUT2D eigenvalue weighted by molar-refractivity contribution is 0.0693. The van der Waals surface area contributed by atoms with Crippen LogP contribution in [0.15, 0.2) is 121 Å². The van der Waals surface area contributed by atoms with Gasteiger partial charge in [-0.25, -0.2) is 4.79 Å². The highest BCUT2D eigenvalue weighted by molar-refractivity contribution is 6.12. The van der Waals surface area contributed by atoms with Crippen molar-refractivity contribution in [3.05, 3.63) is 155 Å². The van der Waals surface area contributed by atoms with E-state index in [0.29, 0.717) is 11.5 Å². The number of morpholine rings is 1. The molecule has 9 heteroatoms. The van der Waals surface area contributed by atoms with Gasteiger partial charge in [-0.05, 0) is 137 Å². The number of nitrogens with zero attached hydrogens (tertiary/aromatic N) is 3. The van der Waals surface area contributed by atoms with Crippen LogP contribution < -0.4 is 15.1 Å². The average Bonchev–Trinajstić information content (AvgIpc) is 3.29. The molecule has 1 atom stereocenters. The highest BCUT2D eigenvalue weighted by Gasteiger charge is 2.27. The van der Waals surface area contributed by atoms with Crippen LogP contribution >= 0.6 is 0 Å². The van der Waals surface area contributed by atoms with Gasteiger partial charge in [0, 0.05) is 61.6 Å². The van der Waals surface area contributed by atoms with Gasteiger partial charge in [0.25, 0.3) is 5.91 Å². The Morgan fingerprint density at radius 3 is 2.16 bits per heavy atom. The summed E-state index contributed by atoms with van der Waals surface area (Å²) in [5.41, 5.74) is 9.53. The zero-order valence-corrected chi connectivity index (χ0v) is 34.9. The number of aromatic carboxylic acids is 1. The second-order valence-electron chi connectivity index (χ2n) is 16.6. The van der Waals surface area contributed by atoms with Crippen molar-refractivity contribution in [2.24, 2.45) is 0 Å². The molecule has 0 bridgehead atoms. The Morgan fingerprint density at radius 2 is 1.41 bits per heavy atom. The summed E-state index contributed by atoms with van der Waals surface area (Å²) in [6, 6.07) is 41.0. The van der Waals surface area contributed by atoms with Gasteiger partial charge >= 0.3 is 5.97 Å². The second-order valence-corrected chi connectivity index (χ2v) is 16.6. The number of phenols is 1. The zero-order chi connectivity index (χ0) is 42.0. The van der Waals surface area contributed by atoms with Crippen LogP contribution in [0, 0.1) is 6.92 Å². The molecule has 2 fully saturated rings. The lowest BCUT2D eigenvalue weighted by Crippen LogP contribution is -2.44. The van der Waals surface area contributed by atoms with Crippen molar-refractivity contribution in [3.8, 4) is 5.75 Å². The van der Waals surface area contributed by atoms with E-state index >= 15 is 0 Å². The molecule has 3 aliphatic rings. The van der Waals surface area contributed by atoms with Gasteiger partial charge in [0.15, 0.2) is 0 Å². The Balaban J connectivity index is 0.000000421. The number of nitrogens with one attached hydrogen (secondary N) is 1. The van der Waals surface area contributed by atoms with E-state index in [9.17, 15) is 9.59 Å². The first-order valence-corrected chi connectivity index (χ1v) is 21.4. The van der Waals surface area contributed by atoms with E-state index in [0.717, 1.165) is 93.9 Å². The summed E-state index contributed by atoms with van der Waals surface area (Å²) < 4.78 is 5.52. The number of carboxylic acid groups (broad SMARTS) is 1. The molecular formula is C52H52N4O5. The number of piperazine rings is 1. The number of carboxylic acids is 1. The normalized spacial score (nSPS) is 16.9. The number of fused-ring (bicyclic) bond motifs is 6. The van der Waals surface area contributed by atoms with Gasteiger partial charge in [-0.2, -0.15) is 0 Å². The molecule has 1 aliphatic carbocycles. The van der Waals surface area contributed by atoms with Crippen molar-refractivity contribution in [2.45, 2.75) is 32.1 Å². The van der Waals surface area contributed by atoms with E-state index in [4.69, 9.17) is 14.9 Å². The first-order chi connectivity index (χ1) is 29.7. The van der Waals surface area contributed by atoms with Crippen LogP contribution in [-0.4, -0.2) is 86.5 Å². The third-order valence-electron chi connectivity index (χ3n) is 12.9. The van der Waals surface area contributed by atoms with Crippen LogP contribution in [0.1, 0.15) is 55.3 Å². The molecule has 2 aliphatic heterocycles. The number of amides is 1. The van der Waals surface area contributed by atoms with Crippen LogP contribution in [0.4, 0.5) is 17.1 Å². The maximum atomic E-state index is 13.8. The van der Waals surface area contributed by atoms with Crippen molar-refractivity contribution in [3.63, 3.8) is 0 Å². The fourth-order valence-corrected chi connectivity index (χ4v) is 9.53. The monoisotopic (exact) mass is 812 g/mol. The molecule has 1 unspecified atom stereocenters. The maximum absolute atomic E-state index is 13.8. The second kappa shape index (κ2) is 17.3. The average molecular weight is 813 g/mol. The number of anilines is 3. The third kappa shape index (κ3) is 8.23. The quantitative estimate of drug-likeness (QED) is 0.143. The van der Waals surface area contributed by atoms with Crippen LogP contribution in [-0.2, 0) is 17.6 Å². The number of carbonyl (C=O) groups excluding carboxylic acids is 1. The summed E-state index contributed by atoms with van der Waals surface area (Å²) in [5, 5.41) is 28.4. The number of rotatable bonds is 6. The summed E-state index contributed by atoms with van der Waals surface area (Å²) in [5.74, 6) is -1.07. The van der Waals surface area contributed by atoms with E-state index in [1.54, 1.807) is 12.1 Å². The van der Waals surface area contributed by atoms with Gasteiger partial charge in [-0.1, -0.05) is 72.8 Å². The van der Waals surface area contributed by atoms with Crippen LogP contribution in [0.2, 0.25) is 0 Å². The molecule has 2 heterocycles. The van der Waals surface area contributed by atoms with Crippen molar-refractivity contribution in [1.82, 2.24) is 4.90 Å². The molecular weight excluding hydrogens is 761 g/mol. The minimum Gasteiger partial charge on any atom is -0.507 e. The molecule has 9 nitrogen and oxygen atoms in total. The van der Waals surface area contributed by atoms with E-state index in [2.05, 4.69) is 119 Å². The van der Waals surface area contributed by atoms with Crippen LogP contribution in [0.5, 0.6) is 5.75 Å². The predicted octanol–water partition coefficient (Wildman–Crippen LogP) is 9.66. The molecule has 0 aromatic heterocycles. The van der Waals surface area contributed by atoms with Gasteiger partial charge in [-0.15, -0.1) is 0 Å². The lowest BCUT2D eigenvalue weighted by Gasteiger charge is -2.34. The molecule has 61 heavy (non-hydrogen) atoms. The predicted molar refractivity (Wildman–Crippen MR) is 247 cm³/mol. The first-order valence-electron chi connectivity index (χ1n) is 21.4. The number of carbonyl (C=O) groups is 2. The molecule has 0 spiro atoms. The van der Waals surface area contributed by atoms with Crippen molar-refractivity contribution < 1.29 is 24.5 Å². The van der Waals surface area contributed by atoms with E-state index in [1.165, 1.54) is 61.6 Å². The fraction of sp³-hybridized carbons (Fsp3) is 0.269. The summed E-state index contributed by atoms with van der Waals surface area (Å²) in [6.45, 7) is 9.89. The molecule has 0 saturated carbocycles. The Morgan fingerprint density at radius 1 is 0.705 bits per heavy atom.